The molecule has 2 N–H and O–H groups in total. The molecule has 1 aliphatic rings. The lowest BCUT2D eigenvalue weighted by molar-refractivity contribution is -0.138. The van der Waals surface area contributed by atoms with Gasteiger partial charge in [0.25, 0.3) is 0 Å². The van der Waals surface area contributed by atoms with Crippen molar-refractivity contribution in [1.29, 1.82) is 0 Å². The molecule has 1 saturated heterocycles. The highest BCUT2D eigenvalue weighted by Gasteiger charge is 2.28. The number of aliphatic carboxylic acids is 1. The quantitative estimate of drug-likeness (QED) is 0.757. The van der Waals surface area contributed by atoms with Crippen LogP contribution in [0.5, 0.6) is 0 Å². The maximum Gasteiger partial charge on any atom is 0.303 e. The Morgan fingerprint density at radius 2 is 2.10 bits per heavy atom. The standard InChI is InChI=1S/C14H24N2O4/c1-10(8-14(19)20)12-4-3-7-16(9-12)13(18)5-6-15-11(2)17/h10,12H,3-9H2,1-2H3,(H,15,17)(H,19,20). The van der Waals surface area contributed by atoms with Crippen molar-refractivity contribution in [2.45, 2.75) is 39.5 Å². The van der Waals surface area contributed by atoms with Crippen LogP contribution in [0.2, 0.25) is 0 Å². The third-order valence-corrected chi connectivity index (χ3v) is 3.82. The molecule has 0 spiro atoms. The SMILES string of the molecule is CC(=O)NCCC(=O)N1CCCC(C(C)CC(=O)O)C1. The fourth-order valence-electron chi connectivity index (χ4n) is 2.65. The molecule has 0 aromatic rings. The number of carbonyl (C=O) groups is 3. The van der Waals surface area contributed by atoms with Gasteiger partial charge in [-0.2, -0.15) is 0 Å². The van der Waals surface area contributed by atoms with Crippen molar-refractivity contribution >= 4 is 17.8 Å². The predicted molar refractivity (Wildman–Crippen MR) is 74.0 cm³/mol. The number of carbonyl (C=O) groups excluding carboxylic acids is 2. The van der Waals surface area contributed by atoms with Crippen LogP contribution in [0.1, 0.15) is 39.5 Å². The van der Waals surface area contributed by atoms with E-state index in [9.17, 15) is 14.4 Å². The van der Waals surface area contributed by atoms with Gasteiger partial charge in [0.2, 0.25) is 11.8 Å². The lowest BCUT2D eigenvalue weighted by Crippen LogP contribution is -2.43. The van der Waals surface area contributed by atoms with Gasteiger partial charge in [-0.1, -0.05) is 6.92 Å². The number of carboxylic acids is 1. The average Bonchev–Trinajstić information content (AvgIpc) is 2.37. The molecule has 1 heterocycles. The summed E-state index contributed by atoms with van der Waals surface area (Å²) in [7, 11) is 0. The lowest BCUT2D eigenvalue weighted by Gasteiger charge is -2.35. The highest BCUT2D eigenvalue weighted by atomic mass is 16.4. The number of carboxylic acid groups (broad SMARTS) is 1. The van der Waals surface area contributed by atoms with Gasteiger partial charge in [-0.25, -0.2) is 0 Å². The Morgan fingerprint density at radius 1 is 1.40 bits per heavy atom. The van der Waals surface area contributed by atoms with Crippen LogP contribution in [0, 0.1) is 11.8 Å². The second kappa shape index (κ2) is 7.87. The minimum Gasteiger partial charge on any atom is -0.481 e. The van der Waals surface area contributed by atoms with Gasteiger partial charge in [-0.15, -0.1) is 0 Å². The van der Waals surface area contributed by atoms with Crippen LogP contribution in [-0.2, 0) is 14.4 Å². The number of likely N-dealkylation sites (tertiary alicyclic amines) is 1. The number of hydrogen-bond donors (Lipinski definition) is 2. The van der Waals surface area contributed by atoms with Crippen LogP contribution in [-0.4, -0.2) is 47.4 Å². The first kappa shape index (κ1) is 16.5. The number of nitrogens with one attached hydrogen (secondary N) is 1. The molecule has 2 amide bonds. The van der Waals surface area contributed by atoms with E-state index in [1.165, 1.54) is 6.92 Å². The summed E-state index contributed by atoms with van der Waals surface area (Å²) in [4.78, 5) is 35.3. The first-order valence-electron chi connectivity index (χ1n) is 7.14. The van der Waals surface area contributed by atoms with Gasteiger partial charge < -0.3 is 15.3 Å². The third kappa shape index (κ3) is 5.59. The molecule has 1 rings (SSSR count). The van der Waals surface area contributed by atoms with E-state index >= 15 is 0 Å². The molecule has 0 bridgehead atoms. The van der Waals surface area contributed by atoms with Crippen molar-refractivity contribution in [2.24, 2.45) is 11.8 Å². The van der Waals surface area contributed by atoms with Crippen LogP contribution in [0.25, 0.3) is 0 Å². The molecular weight excluding hydrogens is 260 g/mol. The molecule has 0 aliphatic carbocycles. The topological polar surface area (TPSA) is 86.7 Å². The van der Waals surface area contributed by atoms with Crippen LogP contribution >= 0.6 is 0 Å². The van der Waals surface area contributed by atoms with Gasteiger partial charge >= 0.3 is 5.97 Å². The summed E-state index contributed by atoms with van der Waals surface area (Å²) in [5.74, 6) is -0.551. The molecule has 1 aliphatic heterocycles. The Hall–Kier alpha value is -1.59. The number of piperidine rings is 1. The number of nitrogens with zero attached hydrogens (tertiary/aromatic N) is 1. The summed E-state index contributed by atoms with van der Waals surface area (Å²) in [5, 5.41) is 11.4. The first-order valence-corrected chi connectivity index (χ1v) is 7.14. The van der Waals surface area contributed by atoms with Crippen LogP contribution in [0.15, 0.2) is 0 Å². The molecule has 0 saturated carbocycles. The van der Waals surface area contributed by atoms with Crippen molar-refractivity contribution in [3.63, 3.8) is 0 Å². The molecule has 0 aromatic heterocycles. The first-order chi connectivity index (χ1) is 9.40. The summed E-state index contributed by atoms with van der Waals surface area (Å²) >= 11 is 0. The zero-order valence-electron chi connectivity index (χ0n) is 12.2. The molecule has 20 heavy (non-hydrogen) atoms. The van der Waals surface area contributed by atoms with E-state index < -0.39 is 5.97 Å². The second-order valence-corrected chi connectivity index (χ2v) is 5.55. The zero-order chi connectivity index (χ0) is 15.1. The molecule has 2 atom stereocenters. The van der Waals surface area contributed by atoms with Crippen molar-refractivity contribution in [1.82, 2.24) is 10.2 Å². The molecule has 0 radical (unpaired) electrons. The van der Waals surface area contributed by atoms with Gasteiger partial charge in [0, 0.05) is 39.4 Å². The highest BCUT2D eigenvalue weighted by Crippen LogP contribution is 2.26. The fraction of sp³-hybridized carbons (Fsp3) is 0.786. The number of amides is 2. The van der Waals surface area contributed by atoms with E-state index in [1.54, 1.807) is 4.90 Å². The van der Waals surface area contributed by atoms with Gasteiger partial charge in [0.1, 0.15) is 0 Å². The Morgan fingerprint density at radius 3 is 2.70 bits per heavy atom. The van der Waals surface area contributed by atoms with E-state index in [4.69, 9.17) is 5.11 Å². The van der Waals surface area contributed by atoms with Crippen molar-refractivity contribution in [3.8, 4) is 0 Å². The molecule has 114 valence electrons. The normalized spacial score (nSPS) is 20.3. The van der Waals surface area contributed by atoms with E-state index in [-0.39, 0.29) is 30.1 Å². The number of rotatable bonds is 6. The van der Waals surface area contributed by atoms with Crippen molar-refractivity contribution in [2.75, 3.05) is 19.6 Å². The summed E-state index contributed by atoms with van der Waals surface area (Å²) in [6.07, 6.45) is 2.35. The Bertz CT molecular complexity index is 370. The highest BCUT2D eigenvalue weighted by molar-refractivity contribution is 5.78. The van der Waals surface area contributed by atoms with E-state index in [1.807, 2.05) is 6.92 Å². The van der Waals surface area contributed by atoms with Gasteiger partial charge in [-0.3, -0.25) is 14.4 Å². The Balaban J connectivity index is 2.41. The van der Waals surface area contributed by atoms with Gasteiger partial charge in [0.05, 0.1) is 0 Å². The molecule has 6 heteroatoms. The lowest BCUT2D eigenvalue weighted by atomic mass is 9.84. The molecule has 2 unspecified atom stereocenters. The molecule has 6 nitrogen and oxygen atoms in total. The number of hydrogen-bond acceptors (Lipinski definition) is 3. The van der Waals surface area contributed by atoms with Crippen LogP contribution in [0.4, 0.5) is 0 Å². The summed E-state index contributed by atoms with van der Waals surface area (Å²) in [5.41, 5.74) is 0. The fourth-order valence-corrected chi connectivity index (χ4v) is 2.65. The zero-order valence-corrected chi connectivity index (χ0v) is 12.2. The van der Waals surface area contributed by atoms with Crippen LogP contribution in [0.3, 0.4) is 0 Å². The maximum absolute atomic E-state index is 12.0. The third-order valence-electron chi connectivity index (χ3n) is 3.82. The Labute approximate surface area is 119 Å². The van der Waals surface area contributed by atoms with Crippen LogP contribution < -0.4 is 5.32 Å². The molecule has 0 aromatic carbocycles. The summed E-state index contributed by atoms with van der Waals surface area (Å²) < 4.78 is 0. The maximum atomic E-state index is 12.0. The van der Waals surface area contributed by atoms with Gasteiger partial charge in [-0.05, 0) is 24.7 Å². The smallest absolute Gasteiger partial charge is 0.303 e. The second-order valence-electron chi connectivity index (χ2n) is 5.55. The molecule has 1 fully saturated rings. The largest absolute Gasteiger partial charge is 0.481 e. The van der Waals surface area contributed by atoms with Crippen molar-refractivity contribution in [3.05, 3.63) is 0 Å². The average molecular weight is 284 g/mol. The van der Waals surface area contributed by atoms with E-state index in [0.29, 0.717) is 19.5 Å². The monoisotopic (exact) mass is 284 g/mol. The molecular formula is C14H24N2O4. The minimum atomic E-state index is -0.786. The Kier molecular flexibility index (Phi) is 6.48. The summed E-state index contributed by atoms with van der Waals surface area (Å²) in [6.45, 7) is 5.08. The van der Waals surface area contributed by atoms with E-state index in [2.05, 4.69) is 5.32 Å². The van der Waals surface area contributed by atoms with Gasteiger partial charge in [0.15, 0.2) is 0 Å². The summed E-state index contributed by atoms with van der Waals surface area (Å²) in [6, 6.07) is 0. The van der Waals surface area contributed by atoms with Crippen molar-refractivity contribution < 1.29 is 19.5 Å². The minimum absolute atomic E-state index is 0.0333. The predicted octanol–water partition coefficient (Wildman–Crippen LogP) is 0.862. The van der Waals surface area contributed by atoms with E-state index in [0.717, 1.165) is 19.4 Å².